The number of ether oxygens (including phenoxy) is 1. The fourth-order valence-electron chi connectivity index (χ4n) is 6.98. The molecule has 4 rings (SSSR count). The molecule has 0 aromatic rings. The first-order chi connectivity index (χ1) is 14.6. The van der Waals surface area contributed by atoms with Crippen LogP contribution in [-0.2, 0) is 19.1 Å². The van der Waals surface area contributed by atoms with Crippen LogP contribution < -0.4 is 0 Å². The standard InChI is InChI=1S/C25H37NO5/c1-14-9-10-15-11-16(27)12-19(23(15)26(14)24(30)31-25(2,3)4)22-18-8-6-5-7-17(18)20(28)13-21(22)29/h14-15,17-19,22-23H,5-13H2,1-4H3/t14-,15+,17+,18+,19+,22+,23+/m0/s1. The number of carbonyl (C=O) groups excluding carboxylic acids is 4. The van der Waals surface area contributed by atoms with Crippen molar-refractivity contribution in [2.45, 2.75) is 103 Å². The molecule has 1 amide bonds. The van der Waals surface area contributed by atoms with E-state index in [0.717, 1.165) is 38.5 Å². The number of amides is 1. The van der Waals surface area contributed by atoms with Gasteiger partial charge in [-0.05, 0) is 71.1 Å². The lowest BCUT2D eigenvalue weighted by atomic mass is 9.56. The van der Waals surface area contributed by atoms with Crippen LogP contribution in [0, 0.1) is 29.6 Å². The van der Waals surface area contributed by atoms with E-state index in [0.29, 0.717) is 12.8 Å². The molecule has 172 valence electrons. The molecule has 0 spiro atoms. The second-order valence-corrected chi connectivity index (χ2v) is 11.4. The Bertz CT molecular complexity index is 768. The Balaban J connectivity index is 1.70. The Morgan fingerprint density at radius 3 is 2.35 bits per heavy atom. The topological polar surface area (TPSA) is 80.8 Å². The van der Waals surface area contributed by atoms with Crippen molar-refractivity contribution >= 4 is 23.4 Å². The molecular formula is C25H37NO5. The van der Waals surface area contributed by atoms with Crippen LogP contribution in [0.1, 0.15) is 85.5 Å². The molecule has 0 N–H and O–H groups in total. The van der Waals surface area contributed by atoms with Crippen LogP contribution >= 0.6 is 0 Å². The zero-order valence-corrected chi connectivity index (χ0v) is 19.4. The molecule has 4 fully saturated rings. The minimum absolute atomic E-state index is 0.00407. The average Bonchev–Trinajstić information content (AvgIpc) is 2.66. The first kappa shape index (κ1) is 22.5. The van der Waals surface area contributed by atoms with Crippen molar-refractivity contribution in [3.63, 3.8) is 0 Å². The van der Waals surface area contributed by atoms with Crippen molar-refractivity contribution in [1.29, 1.82) is 0 Å². The van der Waals surface area contributed by atoms with Gasteiger partial charge in [0, 0.05) is 36.8 Å². The third-order valence-electron chi connectivity index (χ3n) is 8.11. The number of likely N-dealkylation sites (tertiary alicyclic amines) is 1. The zero-order valence-electron chi connectivity index (χ0n) is 19.4. The average molecular weight is 432 g/mol. The molecule has 0 bridgehead atoms. The summed E-state index contributed by atoms with van der Waals surface area (Å²) < 4.78 is 5.77. The van der Waals surface area contributed by atoms with Crippen LogP contribution in [0.2, 0.25) is 0 Å². The van der Waals surface area contributed by atoms with Crippen LogP contribution in [0.15, 0.2) is 0 Å². The van der Waals surface area contributed by atoms with Gasteiger partial charge in [0.2, 0.25) is 0 Å². The molecule has 3 aliphatic carbocycles. The molecule has 1 aliphatic heterocycles. The fourth-order valence-corrected chi connectivity index (χ4v) is 6.98. The van der Waals surface area contributed by atoms with Crippen molar-refractivity contribution in [2.24, 2.45) is 29.6 Å². The van der Waals surface area contributed by atoms with Gasteiger partial charge < -0.3 is 9.64 Å². The van der Waals surface area contributed by atoms with Crippen LogP contribution in [0.4, 0.5) is 4.79 Å². The minimum Gasteiger partial charge on any atom is -0.444 e. The van der Waals surface area contributed by atoms with Crippen LogP contribution in [-0.4, -0.2) is 46.0 Å². The SMILES string of the molecule is C[C@H]1CC[C@@H]2CC(=O)C[C@H]([C@@H]3C(=O)CC(=O)[C@@H]4CCCC[C@@H]34)[C@@H]2N1C(=O)OC(C)(C)C. The smallest absolute Gasteiger partial charge is 0.410 e. The van der Waals surface area contributed by atoms with E-state index in [1.54, 1.807) is 0 Å². The van der Waals surface area contributed by atoms with E-state index in [1.165, 1.54) is 0 Å². The lowest BCUT2D eigenvalue weighted by molar-refractivity contribution is -0.149. The number of ketones is 3. The van der Waals surface area contributed by atoms with Crippen LogP contribution in [0.5, 0.6) is 0 Å². The molecule has 6 heteroatoms. The maximum atomic E-state index is 13.3. The van der Waals surface area contributed by atoms with Gasteiger partial charge in [0.15, 0.2) is 0 Å². The molecule has 6 nitrogen and oxygen atoms in total. The Morgan fingerprint density at radius 1 is 0.935 bits per heavy atom. The minimum atomic E-state index is -0.606. The predicted octanol–water partition coefficient (Wildman–Crippen LogP) is 4.33. The van der Waals surface area contributed by atoms with E-state index in [-0.39, 0.29) is 71.5 Å². The Hall–Kier alpha value is -1.72. The molecule has 7 atom stereocenters. The van der Waals surface area contributed by atoms with E-state index < -0.39 is 5.60 Å². The van der Waals surface area contributed by atoms with Crippen molar-refractivity contribution in [2.75, 3.05) is 0 Å². The molecule has 0 aromatic carbocycles. The second-order valence-electron chi connectivity index (χ2n) is 11.4. The number of piperidine rings is 1. The highest BCUT2D eigenvalue weighted by Crippen LogP contribution is 2.50. The summed E-state index contributed by atoms with van der Waals surface area (Å²) in [6.07, 6.45) is 5.98. The maximum absolute atomic E-state index is 13.3. The molecule has 31 heavy (non-hydrogen) atoms. The summed E-state index contributed by atoms with van der Waals surface area (Å²) >= 11 is 0. The van der Waals surface area contributed by atoms with Crippen molar-refractivity contribution in [1.82, 2.24) is 4.90 Å². The normalized spacial score (nSPS) is 39.0. The summed E-state index contributed by atoms with van der Waals surface area (Å²) in [4.78, 5) is 53.8. The van der Waals surface area contributed by atoms with Gasteiger partial charge in [0.25, 0.3) is 0 Å². The summed E-state index contributed by atoms with van der Waals surface area (Å²) in [5.41, 5.74) is -0.606. The van der Waals surface area contributed by atoms with Gasteiger partial charge in [-0.15, -0.1) is 0 Å². The van der Waals surface area contributed by atoms with E-state index >= 15 is 0 Å². The number of hydrogen-bond acceptors (Lipinski definition) is 5. The van der Waals surface area contributed by atoms with Crippen molar-refractivity contribution < 1.29 is 23.9 Å². The molecule has 4 aliphatic rings. The monoisotopic (exact) mass is 431 g/mol. The maximum Gasteiger partial charge on any atom is 0.410 e. The lowest BCUT2D eigenvalue weighted by Gasteiger charge is -2.54. The van der Waals surface area contributed by atoms with Gasteiger partial charge in [0.1, 0.15) is 23.0 Å². The summed E-state index contributed by atoms with van der Waals surface area (Å²) in [7, 11) is 0. The van der Waals surface area contributed by atoms with Crippen molar-refractivity contribution in [3.05, 3.63) is 0 Å². The molecule has 1 heterocycles. The van der Waals surface area contributed by atoms with Gasteiger partial charge in [-0.3, -0.25) is 14.4 Å². The summed E-state index contributed by atoms with van der Waals surface area (Å²) in [5.74, 6) is -0.175. The summed E-state index contributed by atoms with van der Waals surface area (Å²) in [5, 5.41) is 0. The Kier molecular flexibility index (Phi) is 6.04. The van der Waals surface area contributed by atoms with Crippen molar-refractivity contribution in [3.8, 4) is 0 Å². The first-order valence-electron chi connectivity index (χ1n) is 12.1. The molecule has 1 saturated heterocycles. The van der Waals surface area contributed by atoms with E-state index in [1.807, 2.05) is 32.6 Å². The Labute approximate surface area is 185 Å². The summed E-state index contributed by atoms with van der Waals surface area (Å²) in [6.45, 7) is 7.63. The lowest BCUT2D eigenvalue weighted by Crippen LogP contribution is -2.62. The number of Topliss-reactive ketones (excluding diaryl/α,β-unsaturated/α-hetero) is 3. The Morgan fingerprint density at radius 2 is 1.65 bits per heavy atom. The number of nitrogens with zero attached hydrogens (tertiary/aromatic N) is 1. The largest absolute Gasteiger partial charge is 0.444 e. The van der Waals surface area contributed by atoms with E-state index in [2.05, 4.69) is 0 Å². The highest BCUT2D eigenvalue weighted by Gasteiger charge is 2.55. The summed E-state index contributed by atoms with van der Waals surface area (Å²) in [6, 6.07) is -0.157. The zero-order chi connectivity index (χ0) is 22.5. The first-order valence-corrected chi connectivity index (χ1v) is 12.1. The van der Waals surface area contributed by atoms with E-state index in [9.17, 15) is 19.2 Å². The number of rotatable bonds is 1. The molecular weight excluding hydrogens is 394 g/mol. The number of fused-ring (bicyclic) bond motifs is 2. The third-order valence-corrected chi connectivity index (χ3v) is 8.11. The highest BCUT2D eigenvalue weighted by atomic mass is 16.6. The van der Waals surface area contributed by atoms with Crippen LogP contribution in [0.25, 0.3) is 0 Å². The van der Waals surface area contributed by atoms with Gasteiger partial charge in [-0.25, -0.2) is 4.79 Å². The van der Waals surface area contributed by atoms with Gasteiger partial charge in [-0.2, -0.15) is 0 Å². The second kappa shape index (κ2) is 8.32. The van der Waals surface area contributed by atoms with Gasteiger partial charge in [0.05, 0.1) is 6.42 Å². The predicted molar refractivity (Wildman–Crippen MR) is 115 cm³/mol. The fraction of sp³-hybridized carbons (Fsp3) is 0.840. The number of hydrogen-bond donors (Lipinski definition) is 0. The molecule has 0 aromatic heterocycles. The van der Waals surface area contributed by atoms with Gasteiger partial charge in [-0.1, -0.05) is 12.8 Å². The highest BCUT2D eigenvalue weighted by molar-refractivity contribution is 6.04. The van der Waals surface area contributed by atoms with Gasteiger partial charge >= 0.3 is 6.09 Å². The molecule has 0 radical (unpaired) electrons. The molecule has 3 saturated carbocycles. The third kappa shape index (κ3) is 4.31. The van der Waals surface area contributed by atoms with E-state index in [4.69, 9.17) is 4.74 Å². The van der Waals surface area contributed by atoms with Crippen LogP contribution in [0.3, 0.4) is 0 Å². The molecule has 0 unspecified atom stereocenters. The quantitative estimate of drug-likeness (QED) is 0.577. The number of carbonyl (C=O) groups is 4.